The first kappa shape index (κ1) is 13.3. The Bertz CT molecular complexity index is 368. The Labute approximate surface area is 109 Å². The molecule has 0 amide bonds. The van der Waals surface area contributed by atoms with Gasteiger partial charge in [-0.15, -0.1) is 0 Å². The van der Waals surface area contributed by atoms with E-state index >= 15 is 0 Å². The summed E-state index contributed by atoms with van der Waals surface area (Å²) in [7, 11) is 2.16. The lowest BCUT2D eigenvalue weighted by Gasteiger charge is -2.35. The number of allylic oxidation sites excluding steroid dienone is 1. The predicted octanol–water partition coefficient (Wildman–Crippen LogP) is 1.07. The van der Waals surface area contributed by atoms with Crippen LogP contribution in [0.4, 0.5) is 0 Å². The van der Waals surface area contributed by atoms with Gasteiger partial charge in [-0.1, -0.05) is 25.2 Å². The number of nitrogens with zero attached hydrogens (tertiary/aromatic N) is 2. The van der Waals surface area contributed by atoms with Gasteiger partial charge in [-0.25, -0.2) is 4.79 Å². The quantitative estimate of drug-likeness (QED) is 0.813. The summed E-state index contributed by atoms with van der Waals surface area (Å²) in [5.41, 5.74) is 0.428. The Balaban J connectivity index is 1.89. The van der Waals surface area contributed by atoms with Crippen molar-refractivity contribution in [1.29, 1.82) is 0 Å². The molecule has 4 nitrogen and oxygen atoms in total. The van der Waals surface area contributed by atoms with Crippen molar-refractivity contribution in [3.05, 3.63) is 23.8 Å². The van der Waals surface area contributed by atoms with Gasteiger partial charge in [-0.05, 0) is 18.9 Å². The Morgan fingerprint density at radius 1 is 1.39 bits per heavy atom. The molecule has 1 heterocycles. The van der Waals surface area contributed by atoms with E-state index in [-0.39, 0.29) is 0 Å². The summed E-state index contributed by atoms with van der Waals surface area (Å²) in [5, 5.41) is 8.96. The molecule has 0 spiro atoms. The lowest BCUT2D eigenvalue weighted by atomic mass is 9.86. The van der Waals surface area contributed by atoms with Crippen LogP contribution in [0.1, 0.15) is 6.92 Å². The van der Waals surface area contributed by atoms with Gasteiger partial charge < -0.3 is 14.9 Å². The normalized spacial score (nSPS) is 30.2. The zero-order valence-corrected chi connectivity index (χ0v) is 11.2. The molecule has 1 N–H and O–H groups in total. The molecule has 100 valence electrons. The maximum atomic E-state index is 10.9. The van der Waals surface area contributed by atoms with Crippen LogP contribution in [0.5, 0.6) is 0 Å². The molecular formula is C14H22N2O2. The lowest BCUT2D eigenvalue weighted by molar-refractivity contribution is -0.132. The molecule has 0 aromatic heterocycles. The Morgan fingerprint density at radius 2 is 2.06 bits per heavy atom. The highest BCUT2D eigenvalue weighted by Gasteiger charge is 2.23. The van der Waals surface area contributed by atoms with Gasteiger partial charge in [0.25, 0.3) is 0 Å². The summed E-state index contributed by atoms with van der Waals surface area (Å²) in [5.74, 6) is -0.0755. The molecule has 0 saturated carbocycles. The first-order valence-electron chi connectivity index (χ1n) is 6.60. The average molecular weight is 250 g/mol. The predicted molar refractivity (Wildman–Crippen MR) is 71.4 cm³/mol. The van der Waals surface area contributed by atoms with Crippen molar-refractivity contribution in [3.63, 3.8) is 0 Å². The average Bonchev–Trinajstić information content (AvgIpc) is 2.34. The van der Waals surface area contributed by atoms with Crippen LogP contribution in [0.2, 0.25) is 0 Å². The fourth-order valence-corrected chi connectivity index (χ4v) is 2.56. The smallest absolute Gasteiger partial charge is 0.335 e. The highest BCUT2D eigenvalue weighted by Crippen LogP contribution is 2.24. The minimum atomic E-state index is -0.823. The summed E-state index contributed by atoms with van der Waals surface area (Å²) in [6, 6.07) is 0. The van der Waals surface area contributed by atoms with Crippen LogP contribution >= 0.6 is 0 Å². The van der Waals surface area contributed by atoms with Crippen molar-refractivity contribution in [1.82, 2.24) is 9.80 Å². The van der Waals surface area contributed by atoms with Gasteiger partial charge in [0.15, 0.2) is 0 Å². The molecule has 1 fully saturated rings. The van der Waals surface area contributed by atoms with Crippen LogP contribution in [-0.4, -0.2) is 60.6 Å². The number of piperazine rings is 1. The molecule has 1 saturated heterocycles. The van der Waals surface area contributed by atoms with E-state index in [9.17, 15) is 4.79 Å². The summed E-state index contributed by atoms with van der Waals surface area (Å²) in [6.07, 6.45) is 5.69. The number of aliphatic carboxylic acids is 1. The largest absolute Gasteiger partial charge is 0.478 e. The molecule has 2 rings (SSSR count). The molecule has 18 heavy (non-hydrogen) atoms. The lowest BCUT2D eigenvalue weighted by Crippen LogP contribution is -2.46. The van der Waals surface area contributed by atoms with Crippen LogP contribution in [0.3, 0.4) is 0 Å². The van der Waals surface area contributed by atoms with E-state index in [2.05, 4.69) is 29.8 Å². The van der Waals surface area contributed by atoms with Gasteiger partial charge in [-0.3, -0.25) is 0 Å². The fourth-order valence-electron chi connectivity index (χ4n) is 2.56. The van der Waals surface area contributed by atoms with Gasteiger partial charge >= 0.3 is 5.97 Å². The molecule has 0 aromatic carbocycles. The zero-order valence-electron chi connectivity index (χ0n) is 11.2. The molecule has 1 aliphatic heterocycles. The van der Waals surface area contributed by atoms with Crippen LogP contribution in [0.15, 0.2) is 23.8 Å². The molecule has 1 aliphatic carbocycles. The van der Waals surface area contributed by atoms with Crippen molar-refractivity contribution in [2.75, 3.05) is 39.8 Å². The number of carboxylic acid groups (broad SMARTS) is 1. The third kappa shape index (κ3) is 3.21. The molecule has 0 bridgehead atoms. The topological polar surface area (TPSA) is 43.8 Å². The number of hydrogen-bond donors (Lipinski definition) is 1. The summed E-state index contributed by atoms with van der Waals surface area (Å²) in [6.45, 7) is 7.62. The standard InChI is InChI=1S/C14H22N2O2/c1-11-9-12(14(17)18)3-4-13(11)10-16-7-5-15(2)6-8-16/h3-4,9,11,13H,5-8,10H2,1-2H3,(H,17,18). The third-order valence-corrected chi connectivity index (χ3v) is 3.95. The Hall–Kier alpha value is -1.13. The first-order chi connectivity index (χ1) is 8.56. The Morgan fingerprint density at radius 3 is 2.61 bits per heavy atom. The van der Waals surface area contributed by atoms with E-state index in [0.29, 0.717) is 17.4 Å². The molecule has 0 aromatic rings. The van der Waals surface area contributed by atoms with Crippen molar-refractivity contribution >= 4 is 5.97 Å². The summed E-state index contributed by atoms with van der Waals surface area (Å²) >= 11 is 0. The van der Waals surface area contributed by atoms with E-state index in [1.807, 2.05) is 6.08 Å². The SMILES string of the molecule is CC1C=C(C(=O)O)C=CC1CN1CCN(C)CC1. The van der Waals surface area contributed by atoms with Crippen LogP contribution in [-0.2, 0) is 4.79 Å². The fraction of sp³-hybridized carbons (Fsp3) is 0.643. The second-order valence-electron chi connectivity index (χ2n) is 5.41. The van der Waals surface area contributed by atoms with Crippen molar-refractivity contribution in [3.8, 4) is 0 Å². The van der Waals surface area contributed by atoms with Crippen molar-refractivity contribution in [2.24, 2.45) is 11.8 Å². The zero-order chi connectivity index (χ0) is 13.1. The minimum absolute atomic E-state index is 0.306. The van der Waals surface area contributed by atoms with Gasteiger partial charge in [0.2, 0.25) is 0 Å². The molecule has 0 radical (unpaired) electrons. The highest BCUT2D eigenvalue weighted by atomic mass is 16.4. The molecule has 2 atom stereocenters. The number of rotatable bonds is 3. The van der Waals surface area contributed by atoms with E-state index in [4.69, 9.17) is 5.11 Å². The molecule has 4 heteroatoms. The molecule has 2 unspecified atom stereocenters. The second kappa shape index (κ2) is 5.67. The number of hydrogen-bond acceptors (Lipinski definition) is 3. The maximum Gasteiger partial charge on any atom is 0.335 e. The van der Waals surface area contributed by atoms with Crippen LogP contribution in [0, 0.1) is 11.8 Å². The van der Waals surface area contributed by atoms with Crippen molar-refractivity contribution < 1.29 is 9.90 Å². The highest BCUT2D eigenvalue weighted by molar-refractivity contribution is 5.90. The summed E-state index contributed by atoms with van der Waals surface area (Å²) < 4.78 is 0. The first-order valence-corrected chi connectivity index (χ1v) is 6.60. The van der Waals surface area contributed by atoms with Gasteiger partial charge in [-0.2, -0.15) is 0 Å². The molecule has 2 aliphatic rings. The Kier molecular flexibility index (Phi) is 4.19. The van der Waals surface area contributed by atoms with Crippen LogP contribution < -0.4 is 0 Å². The monoisotopic (exact) mass is 250 g/mol. The van der Waals surface area contributed by atoms with E-state index in [1.165, 1.54) is 0 Å². The number of carboxylic acids is 1. The van der Waals surface area contributed by atoms with E-state index < -0.39 is 5.97 Å². The van der Waals surface area contributed by atoms with Gasteiger partial charge in [0.05, 0.1) is 5.57 Å². The van der Waals surface area contributed by atoms with Crippen LogP contribution in [0.25, 0.3) is 0 Å². The summed E-state index contributed by atoms with van der Waals surface area (Å²) in [4.78, 5) is 15.7. The van der Waals surface area contributed by atoms with E-state index in [0.717, 1.165) is 32.7 Å². The minimum Gasteiger partial charge on any atom is -0.478 e. The van der Waals surface area contributed by atoms with Gasteiger partial charge in [0.1, 0.15) is 0 Å². The van der Waals surface area contributed by atoms with Crippen molar-refractivity contribution in [2.45, 2.75) is 6.92 Å². The van der Waals surface area contributed by atoms with E-state index in [1.54, 1.807) is 6.08 Å². The third-order valence-electron chi connectivity index (χ3n) is 3.95. The molecular weight excluding hydrogens is 228 g/mol. The maximum absolute atomic E-state index is 10.9. The second-order valence-corrected chi connectivity index (χ2v) is 5.41. The number of likely N-dealkylation sites (N-methyl/N-ethyl adjacent to an activating group) is 1. The number of carbonyl (C=O) groups is 1. The van der Waals surface area contributed by atoms with Gasteiger partial charge in [0, 0.05) is 32.7 Å².